The third-order valence-corrected chi connectivity index (χ3v) is 3.43. The second-order valence-electron chi connectivity index (χ2n) is 4.95. The lowest BCUT2D eigenvalue weighted by molar-refractivity contribution is -0.614. The van der Waals surface area contributed by atoms with Gasteiger partial charge in [0.25, 0.3) is 5.92 Å². The number of nitrogens with one attached hydrogen (secondary N) is 2. The fourth-order valence-electron chi connectivity index (χ4n) is 2.30. The molecule has 1 saturated heterocycles. The maximum Gasteiger partial charge on any atom is 0.257 e. The van der Waals surface area contributed by atoms with Gasteiger partial charge in [0.15, 0.2) is 6.20 Å². The van der Waals surface area contributed by atoms with Crippen LogP contribution in [-0.4, -0.2) is 24.9 Å². The summed E-state index contributed by atoms with van der Waals surface area (Å²) in [6.45, 7) is 1.82. The van der Waals surface area contributed by atoms with Crippen molar-refractivity contribution < 1.29 is 18.3 Å². The lowest BCUT2D eigenvalue weighted by atomic mass is 9.88. The van der Waals surface area contributed by atoms with Crippen LogP contribution in [0.2, 0.25) is 0 Å². The van der Waals surface area contributed by atoms with Gasteiger partial charge in [-0.2, -0.15) is 4.73 Å². The van der Waals surface area contributed by atoms with Crippen LogP contribution in [0.15, 0.2) is 18.3 Å². The first kappa shape index (κ1) is 14.6. The van der Waals surface area contributed by atoms with Gasteiger partial charge in [-0.1, -0.05) is 0 Å². The molecule has 2 N–H and O–H groups in total. The molecule has 110 valence electrons. The van der Waals surface area contributed by atoms with Crippen molar-refractivity contribution in [3.8, 4) is 0 Å². The monoisotopic (exact) mass is 285 g/mol. The minimum absolute atomic E-state index is 0.0262. The normalized spacial score (nSPS) is 21.4. The van der Waals surface area contributed by atoms with Crippen LogP contribution >= 0.6 is 0 Å². The lowest BCUT2D eigenvalue weighted by Gasteiger charge is -2.32. The van der Waals surface area contributed by atoms with E-state index in [1.807, 2.05) is 0 Å². The van der Waals surface area contributed by atoms with Gasteiger partial charge in [-0.15, -0.1) is 0 Å². The van der Waals surface area contributed by atoms with Gasteiger partial charge in [0, 0.05) is 38.6 Å². The number of carbonyl (C=O) groups excluding carboxylic acids is 1. The predicted molar refractivity (Wildman–Crippen MR) is 68.1 cm³/mol. The third-order valence-electron chi connectivity index (χ3n) is 3.43. The molecule has 0 saturated carbocycles. The van der Waals surface area contributed by atoms with Crippen LogP contribution in [-0.2, 0) is 11.3 Å². The van der Waals surface area contributed by atoms with Gasteiger partial charge in [-0.25, -0.2) is 8.78 Å². The predicted octanol–water partition coefficient (Wildman–Crippen LogP) is 0.668. The average Bonchev–Trinajstić information content (AvgIpc) is 2.37. The minimum Gasteiger partial charge on any atom is -0.618 e. The van der Waals surface area contributed by atoms with E-state index in [0.29, 0.717) is 10.3 Å². The minimum atomic E-state index is -2.79. The van der Waals surface area contributed by atoms with E-state index in [0.717, 1.165) is 0 Å². The van der Waals surface area contributed by atoms with Crippen LogP contribution in [0, 0.1) is 5.21 Å². The topological polar surface area (TPSA) is 68.1 Å². The Bertz CT molecular complexity index is 508. The van der Waals surface area contributed by atoms with E-state index < -0.39 is 11.8 Å². The summed E-state index contributed by atoms with van der Waals surface area (Å²) in [7, 11) is 0. The van der Waals surface area contributed by atoms with Gasteiger partial charge in [0.1, 0.15) is 6.54 Å². The molecule has 20 heavy (non-hydrogen) atoms. The molecule has 1 atom stereocenters. The van der Waals surface area contributed by atoms with Gasteiger partial charge in [-0.05, 0) is 5.56 Å². The number of pyridine rings is 1. The van der Waals surface area contributed by atoms with Crippen molar-refractivity contribution in [1.29, 1.82) is 0 Å². The summed E-state index contributed by atoms with van der Waals surface area (Å²) in [4.78, 5) is 10.9. The van der Waals surface area contributed by atoms with Gasteiger partial charge < -0.3 is 15.8 Å². The smallest absolute Gasteiger partial charge is 0.257 e. The second-order valence-corrected chi connectivity index (χ2v) is 4.95. The summed E-state index contributed by atoms with van der Waals surface area (Å²) in [6, 6.07) is 2.85. The fraction of sp³-hybridized carbons (Fsp3) is 0.538. The average molecular weight is 285 g/mol. The van der Waals surface area contributed by atoms with Gasteiger partial charge in [0.2, 0.25) is 11.6 Å². The van der Waals surface area contributed by atoms with Crippen molar-refractivity contribution in [2.24, 2.45) is 0 Å². The molecule has 0 aromatic carbocycles. The molecule has 7 heteroatoms. The number of amides is 1. The molecule has 2 rings (SSSR count). The summed E-state index contributed by atoms with van der Waals surface area (Å²) < 4.78 is 28.4. The first-order chi connectivity index (χ1) is 9.40. The number of alkyl halides is 2. The van der Waals surface area contributed by atoms with Crippen LogP contribution in [0.4, 0.5) is 8.78 Å². The number of halogens is 2. The number of hydrogen-bond donors (Lipinski definition) is 2. The van der Waals surface area contributed by atoms with Crippen molar-refractivity contribution in [2.45, 2.75) is 31.7 Å². The van der Waals surface area contributed by atoms with E-state index in [4.69, 9.17) is 0 Å². The Kier molecular flexibility index (Phi) is 4.17. The number of carbonyl (C=O) groups is 1. The first-order valence-corrected chi connectivity index (χ1v) is 6.45. The van der Waals surface area contributed by atoms with Crippen LogP contribution in [0.5, 0.6) is 0 Å². The standard InChI is InChI=1S/C13H17F2N3O2/c1-9(19)17-7-11-6-10(2-5-18(11)20)12-8-16-4-3-13(12,14)15/h2,5-6,12,16H,3-4,7-8H2,1H3,(H,17,19). The Balaban J connectivity index is 2.23. The molecular weight excluding hydrogens is 268 g/mol. The Hall–Kier alpha value is -1.76. The zero-order valence-corrected chi connectivity index (χ0v) is 11.2. The molecule has 0 spiro atoms. The van der Waals surface area contributed by atoms with Crippen LogP contribution in [0.1, 0.15) is 30.5 Å². The Labute approximate surface area is 115 Å². The maximum absolute atomic E-state index is 13.9. The SMILES string of the molecule is CC(=O)NCc1cc(C2CNCCC2(F)F)cc[n+]1[O-]. The van der Waals surface area contributed by atoms with E-state index in [-0.39, 0.29) is 37.7 Å². The molecule has 1 unspecified atom stereocenters. The molecule has 0 aliphatic carbocycles. The van der Waals surface area contributed by atoms with Crippen molar-refractivity contribution in [2.75, 3.05) is 13.1 Å². The van der Waals surface area contributed by atoms with E-state index in [1.165, 1.54) is 25.3 Å². The fourth-order valence-corrected chi connectivity index (χ4v) is 2.30. The second kappa shape index (κ2) is 5.70. The highest BCUT2D eigenvalue weighted by atomic mass is 19.3. The summed E-state index contributed by atoms with van der Waals surface area (Å²) in [6.07, 6.45) is 0.988. The van der Waals surface area contributed by atoms with Crippen molar-refractivity contribution in [3.63, 3.8) is 0 Å². The van der Waals surface area contributed by atoms with Crippen LogP contribution in [0.3, 0.4) is 0 Å². The van der Waals surface area contributed by atoms with Gasteiger partial charge in [-0.3, -0.25) is 4.79 Å². The molecule has 0 bridgehead atoms. The number of aromatic nitrogens is 1. The number of hydrogen-bond acceptors (Lipinski definition) is 3. The molecule has 5 nitrogen and oxygen atoms in total. The zero-order valence-electron chi connectivity index (χ0n) is 11.2. The molecule has 1 aliphatic heterocycles. The lowest BCUT2D eigenvalue weighted by Crippen LogP contribution is -2.43. The number of piperidine rings is 1. The summed E-state index contributed by atoms with van der Waals surface area (Å²) >= 11 is 0. The molecule has 1 fully saturated rings. The van der Waals surface area contributed by atoms with E-state index >= 15 is 0 Å². The summed E-state index contributed by atoms with van der Waals surface area (Å²) in [5.74, 6) is -4.01. The molecule has 0 radical (unpaired) electrons. The Morgan fingerprint density at radius 1 is 1.65 bits per heavy atom. The number of rotatable bonds is 3. The largest absolute Gasteiger partial charge is 0.618 e. The van der Waals surface area contributed by atoms with E-state index in [1.54, 1.807) is 0 Å². The molecule has 1 aromatic heterocycles. The van der Waals surface area contributed by atoms with Crippen molar-refractivity contribution >= 4 is 5.91 Å². The molecular formula is C13H17F2N3O2. The maximum atomic E-state index is 13.9. The zero-order chi connectivity index (χ0) is 14.8. The first-order valence-electron chi connectivity index (χ1n) is 6.45. The molecule has 2 heterocycles. The summed E-state index contributed by atoms with van der Waals surface area (Å²) in [5, 5.41) is 17.0. The van der Waals surface area contributed by atoms with Crippen LogP contribution < -0.4 is 15.4 Å². The highest BCUT2D eigenvalue weighted by molar-refractivity contribution is 5.72. The third kappa shape index (κ3) is 3.22. The van der Waals surface area contributed by atoms with E-state index in [9.17, 15) is 18.8 Å². The molecule has 1 aliphatic rings. The van der Waals surface area contributed by atoms with E-state index in [2.05, 4.69) is 10.6 Å². The number of nitrogens with zero attached hydrogens (tertiary/aromatic N) is 1. The van der Waals surface area contributed by atoms with Crippen molar-refractivity contribution in [3.05, 3.63) is 34.8 Å². The van der Waals surface area contributed by atoms with Crippen LogP contribution in [0.25, 0.3) is 0 Å². The van der Waals surface area contributed by atoms with Crippen molar-refractivity contribution in [1.82, 2.24) is 10.6 Å². The molecule has 1 amide bonds. The quantitative estimate of drug-likeness (QED) is 0.633. The highest BCUT2D eigenvalue weighted by Gasteiger charge is 2.42. The Morgan fingerprint density at radius 2 is 2.40 bits per heavy atom. The Morgan fingerprint density at radius 3 is 3.05 bits per heavy atom. The summed E-state index contributed by atoms with van der Waals surface area (Å²) in [5.41, 5.74) is 0.661. The van der Waals surface area contributed by atoms with Gasteiger partial charge >= 0.3 is 0 Å². The molecule has 1 aromatic rings. The van der Waals surface area contributed by atoms with Gasteiger partial charge in [0.05, 0.1) is 5.92 Å². The highest BCUT2D eigenvalue weighted by Crippen LogP contribution is 2.37.